The zero-order chi connectivity index (χ0) is 14.7. The zero-order valence-electron chi connectivity index (χ0n) is 11.7. The van der Waals surface area contributed by atoms with Crippen LogP contribution >= 0.6 is 11.6 Å². The molecule has 3 nitrogen and oxygen atoms in total. The Morgan fingerprint density at radius 3 is 2.62 bits per heavy atom. The van der Waals surface area contributed by atoms with Gasteiger partial charge in [0.1, 0.15) is 11.3 Å². The molecule has 0 unspecified atom stereocenters. The summed E-state index contributed by atoms with van der Waals surface area (Å²) in [6.45, 7) is 3.26. The standard InChI is InChI=1S/C17H16ClNO2/c1-2-20-13-9-7-12(8-10-13)19-11-15-14-5-3-4-6-16(14)21-17(15)18/h3-10,19H,2,11H2,1H3. The minimum Gasteiger partial charge on any atom is -0.494 e. The van der Waals surface area contributed by atoms with Crippen molar-refractivity contribution in [3.63, 3.8) is 0 Å². The van der Waals surface area contributed by atoms with Crippen LogP contribution in [0.3, 0.4) is 0 Å². The number of hydrogen-bond acceptors (Lipinski definition) is 3. The summed E-state index contributed by atoms with van der Waals surface area (Å²) < 4.78 is 11.0. The van der Waals surface area contributed by atoms with Gasteiger partial charge >= 0.3 is 0 Å². The first-order chi connectivity index (χ1) is 10.3. The predicted octanol–water partition coefficient (Wildman–Crippen LogP) is 5.10. The number of benzene rings is 2. The average Bonchev–Trinajstić information content (AvgIpc) is 2.82. The smallest absolute Gasteiger partial charge is 0.199 e. The minimum absolute atomic E-state index is 0.439. The summed E-state index contributed by atoms with van der Waals surface area (Å²) in [5.74, 6) is 0.870. The second kappa shape index (κ2) is 6.10. The summed E-state index contributed by atoms with van der Waals surface area (Å²) in [5.41, 5.74) is 2.80. The van der Waals surface area contributed by atoms with Crippen LogP contribution in [0.25, 0.3) is 11.0 Å². The third-order valence-corrected chi connectivity index (χ3v) is 3.59. The topological polar surface area (TPSA) is 34.4 Å². The minimum atomic E-state index is 0.439. The number of rotatable bonds is 5. The van der Waals surface area contributed by atoms with Crippen molar-refractivity contribution in [3.05, 3.63) is 59.3 Å². The van der Waals surface area contributed by atoms with Gasteiger partial charge in [-0.15, -0.1) is 0 Å². The van der Waals surface area contributed by atoms with E-state index in [1.54, 1.807) is 0 Å². The van der Waals surface area contributed by atoms with Gasteiger partial charge in [0, 0.05) is 23.2 Å². The van der Waals surface area contributed by atoms with Crippen LogP contribution in [0, 0.1) is 0 Å². The lowest BCUT2D eigenvalue weighted by Gasteiger charge is -2.07. The van der Waals surface area contributed by atoms with Crippen molar-refractivity contribution in [1.82, 2.24) is 0 Å². The molecule has 0 radical (unpaired) electrons. The quantitative estimate of drug-likeness (QED) is 0.712. The van der Waals surface area contributed by atoms with E-state index in [9.17, 15) is 0 Å². The predicted molar refractivity (Wildman–Crippen MR) is 86.2 cm³/mol. The number of furan rings is 1. The monoisotopic (exact) mass is 301 g/mol. The van der Waals surface area contributed by atoms with Crippen molar-refractivity contribution in [2.24, 2.45) is 0 Å². The summed E-state index contributed by atoms with van der Waals surface area (Å²) in [6.07, 6.45) is 0. The van der Waals surface area contributed by atoms with E-state index in [2.05, 4.69) is 5.32 Å². The van der Waals surface area contributed by atoms with E-state index in [-0.39, 0.29) is 0 Å². The molecule has 2 aromatic carbocycles. The van der Waals surface area contributed by atoms with Gasteiger partial charge in [-0.05, 0) is 48.9 Å². The molecule has 0 aliphatic heterocycles. The van der Waals surface area contributed by atoms with Crippen molar-refractivity contribution in [2.45, 2.75) is 13.5 Å². The molecule has 0 aliphatic carbocycles. The van der Waals surface area contributed by atoms with Gasteiger partial charge in [-0.2, -0.15) is 0 Å². The van der Waals surface area contributed by atoms with Crippen molar-refractivity contribution < 1.29 is 9.15 Å². The number of hydrogen-bond donors (Lipinski definition) is 1. The molecule has 108 valence electrons. The first-order valence-corrected chi connectivity index (χ1v) is 7.28. The average molecular weight is 302 g/mol. The van der Waals surface area contributed by atoms with Crippen LogP contribution in [0.5, 0.6) is 5.75 Å². The van der Waals surface area contributed by atoms with Crippen LogP contribution in [-0.2, 0) is 6.54 Å². The Balaban J connectivity index is 1.75. The van der Waals surface area contributed by atoms with Gasteiger partial charge in [-0.3, -0.25) is 0 Å². The van der Waals surface area contributed by atoms with Gasteiger partial charge in [0.2, 0.25) is 0 Å². The molecule has 1 N–H and O–H groups in total. The molecule has 0 spiro atoms. The summed E-state index contributed by atoms with van der Waals surface area (Å²) in [7, 11) is 0. The third-order valence-electron chi connectivity index (χ3n) is 3.28. The summed E-state index contributed by atoms with van der Waals surface area (Å²) in [5, 5.41) is 4.83. The maximum absolute atomic E-state index is 6.17. The Hall–Kier alpha value is -2.13. The molecule has 0 fully saturated rings. The van der Waals surface area contributed by atoms with E-state index in [0.29, 0.717) is 18.4 Å². The molecule has 4 heteroatoms. The molecule has 0 aliphatic rings. The lowest BCUT2D eigenvalue weighted by molar-refractivity contribution is 0.340. The highest BCUT2D eigenvalue weighted by molar-refractivity contribution is 6.30. The molecule has 3 rings (SSSR count). The normalized spacial score (nSPS) is 10.8. The zero-order valence-corrected chi connectivity index (χ0v) is 12.5. The molecule has 0 atom stereocenters. The number of anilines is 1. The second-order valence-corrected chi connectivity index (χ2v) is 5.00. The van der Waals surface area contributed by atoms with Gasteiger partial charge < -0.3 is 14.5 Å². The van der Waals surface area contributed by atoms with Crippen molar-refractivity contribution in [2.75, 3.05) is 11.9 Å². The molecule has 0 bridgehead atoms. The molecule has 0 amide bonds. The SMILES string of the molecule is CCOc1ccc(NCc2c(Cl)oc3ccccc23)cc1. The molecule has 21 heavy (non-hydrogen) atoms. The fourth-order valence-corrected chi connectivity index (χ4v) is 2.51. The van der Waals surface area contributed by atoms with Crippen molar-refractivity contribution in [3.8, 4) is 5.75 Å². The van der Waals surface area contributed by atoms with E-state index < -0.39 is 0 Å². The molecular formula is C17H16ClNO2. The van der Waals surface area contributed by atoms with Gasteiger partial charge in [-0.25, -0.2) is 0 Å². The van der Waals surface area contributed by atoms with E-state index in [1.807, 2.05) is 55.5 Å². The summed E-state index contributed by atoms with van der Waals surface area (Å²) in [6, 6.07) is 15.7. The largest absolute Gasteiger partial charge is 0.494 e. The number of para-hydroxylation sites is 1. The Morgan fingerprint density at radius 1 is 1.10 bits per heavy atom. The maximum atomic E-state index is 6.17. The number of ether oxygens (including phenoxy) is 1. The lowest BCUT2D eigenvalue weighted by Crippen LogP contribution is -1.99. The van der Waals surface area contributed by atoms with Gasteiger partial charge in [0.25, 0.3) is 0 Å². The Morgan fingerprint density at radius 2 is 1.86 bits per heavy atom. The number of nitrogens with one attached hydrogen (secondary N) is 1. The second-order valence-electron chi connectivity index (χ2n) is 4.66. The van der Waals surface area contributed by atoms with Gasteiger partial charge in [-0.1, -0.05) is 18.2 Å². The van der Waals surface area contributed by atoms with E-state index in [4.69, 9.17) is 20.8 Å². The Kier molecular flexibility index (Phi) is 4.02. The first-order valence-electron chi connectivity index (χ1n) is 6.90. The van der Waals surface area contributed by atoms with E-state index >= 15 is 0 Å². The van der Waals surface area contributed by atoms with Crippen LogP contribution in [0.2, 0.25) is 5.22 Å². The highest BCUT2D eigenvalue weighted by Crippen LogP contribution is 2.30. The fraction of sp³-hybridized carbons (Fsp3) is 0.176. The maximum Gasteiger partial charge on any atom is 0.199 e. The van der Waals surface area contributed by atoms with Crippen LogP contribution < -0.4 is 10.1 Å². The molecule has 3 aromatic rings. The van der Waals surface area contributed by atoms with Crippen molar-refractivity contribution in [1.29, 1.82) is 0 Å². The Bertz CT molecular complexity index is 734. The highest BCUT2D eigenvalue weighted by Gasteiger charge is 2.11. The van der Waals surface area contributed by atoms with Crippen molar-refractivity contribution >= 4 is 28.3 Å². The van der Waals surface area contributed by atoms with Crippen LogP contribution in [0.15, 0.2) is 52.9 Å². The summed E-state index contributed by atoms with van der Waals surface area (Å²) >= 11 is 6.17. The highest BCUT2D eigenvalue weighted by atomic mass is 35.5. The molecule has 1 aromatic heterocycles. The molecular weight excluding hydrogens is 286 g/mol. The Labute approximate surface area is 128 Å². The van der Waals surface area contributed by atoms with E-state index in [1.165, 1.54) is 0 Å². The van der Waals surface area contributed by atoms with Crippen LogP contribution in [-0.4, -0.2) is 6.61 Å². The molecule has 0 saturated heterocycles. The lowest BCUT2D eigenvalue weighted by atomic mass is 10.2. The first kappa shape index (κ1) is 13.8. The summed E-state index contributed by atoms with van der Waals surface area (Å²) in [4.78, 5) is 0. The van der Waals surface area contributed by atoms with Crippen LogP contribution in [0.1, 0.15) is 12.5 Å². The molecule has 1 heterocycles. The molecule has 0 saturated carbocycles. The third kappa shape index (κ3) is 2.98. The number of fused-ring (bicyclic) bond motifs is 1. The van der Waals surface area contributed by atoms with Crippen LogP contribution in [0.4, 0.5) is 5.69 Å². The van der Waals surface area contributed by atoms with Gasteiger partial charge in [0.15, 0.2) is 5.22 Å². The fourth-order valence-electron chi connectivity index (χ4n) is 2.26. The van der Waals surface area contributed by atoms with Gasteiger partial charge in [0.05, 0.1) is 6.61 Å². The van der Waals surface area contributed by atoms with E-state index in [0.717, 1.165) is 28.0 Å². The number of halogens is 1.